The van der Waals surface area contributed by atoms with Gasteiger partial charge in [-0.1, -0.05) is 91.0 Å². The molecule has 8 nitrogen and oxygen atoms in total. The van der Waals surface area contributed by atoms with Crippen LogP contribution in [0, 0.1) is 0 Å². The Morgan fingerprint density at radius 3 is 2.10 bits per heavy atom. The molecule has 0 saturated carbocycles. The number of rotatable bonds is 13. The first-order valence-electron chi connectivity index (χ1n) is 16.2. The van der Waals surface area contributed by atoms with Crippen molar-refractivity contribution in [3.05, 3.63) is 167 Å². The largest absolute Gasteiger partial charge is 0.494 e. The lowest BCUT2D eigenvalue weighted by molar-refractivity contribution is -0.116. The molecule has 1 heterocycles. The number of ether oxygens (including phenoxy) is 1. The maximum atomic E-state index is 13.7. The van der Waals surface area contributed by atoms with Gasteiger partial charge in [-0.3, -0.25) is 14.4 Å². The molecule has 0 spiro atoms. The second-order valence-corrected chi connectivity index (χ2v) is 13.2. The van der Waals surface area contributed by atoms with Crippen molar-refractivity contribution < 1.29 is 19.1 Å². The van der Waals surface area contributed by atoms with E-state index in [1.165, 1.54) is 23.1 Å². The number of thioether (sulfide) groups is 1. The quantitative estimate of drug-likeness (QED) is 0.0815. The fourth-order valence-corrected chi connectivity index (χ4v) is 6.78. The van der Waals surface area contributed by atoms with Crippen LogP contribution in [0.15, 0.2) is 155 Å². The highest BCUT2D eigenvalue weighted by Crippen LogP contribution is 2.37. The zero-order valence-electron chi connectivity index (χ0n) is 27.6. The van der Waals surface area contributed by atoms with Crippen LogP contribution in [0.2, 0.25) is 0 Å². The Kier molecular flexibility index (Phi) is 11.7. The zero-order valence-corrected chi connectivity index (χ0v) is 29.2. The van der Waals surface area contributed by atoms with Crippen LogP contribution in [-0.2, 0) is 9.59 Å². The lowest BCUT2D eigenvalue weighted by Gasteiger charge is -2.17. The number of benzene rings is 5. The van der Waals surface area contributed by atoms with Gasteiger partial charge in [0.05, 0.1) is 12.3 Å². The summed E-state index contributed by atoms with van der Waals surface area (Å²) in [5, 5.41) is 10.5. The minimum Gasteiger partial charge on any atom is -0.494 e. The molecule has 1 aromatic heterocycles. The number of carbonyl (C=O) groups is 3. The van der Waals surface area contributed by atoms with E-state index in [0.717, 1.165) is 21.7 Å². The second-order valence-electron chi connectivity index (χ2n) is 11.2. The summed E-state index contributed by atoms with van der Waals surface area (Å²) in [7, 11) is 0. The molecule has 0 aliphatic rings. The standard InChI is InChI=1S/C41H34N4O4S2/c1-2-49-33-22-18-28(19-23-33)26-35(43-38(46)31-16-10-5-11-17-31)39(47)42-32-20-24-34(25-21-32)51-37(30-14-8-4-9-15-30)40(48)45-41-44-36(27-50-41)29-12-6-3-7-13-29/h3-27,37H,2H2,1H3,(H,42,47)(H,43,46)(H,44,45,48)/b35-26-. The molecule has 0 saturated heterocycles. The van der Waals surface area contributed by atoms with Crippen molar-refractivity contribution in [1.29, 1.82) is 0 Å². The van der Waals surface area contributed by atoms with Crippen LogP contribution in [0.3, 0.4) is 0 Å². The molecule has 6 rings (SSSR count). The van der Waals surface area contributed by atoms with Crippen molar-refractivity contribution in [3.63, 3.8) is 0 Å². The maximum absolute atomic E-state index is 13.7. The summed E-state index contributed by atoms with van der Waals surface area (Å²) in [6, 6.07) is 42.5. The van der Waals surface area contributed by atoms with Gasteiger partial charge in [0, 0.05) is 27.1 Å². The normalized spacial score (nSPS) is 11.7. The molecular weight excluding hydrogens is 677 g/mol. The Labute approximate surface area is 304 Å². The zero-order chi connectivity index (χ0) is 35.4. The number of amides is 3. The predicted molar refractivity (Wildman–Crippen MR) is 206 cm³/mol. The Morgan fingerprint density at radius 1 is 0.784 bits per heavy atom. The first-order valence-corrected chi connectivity index (χ1v) is 18.0. The van der Waals surface area contributed by atoms with E-state index in [1.807, 2.05) is 115 Å². The highest BCUT2D eigenvalue weighted by atomic mass is 32.2. The van der Waals surface area contributed by atoms with Crippen molar-refractivity contribution >= 4 is 57.7 Å². The van der Waals surface area contributed by atoms with Gasteiger partial charge in [0.2, 0.25) is 5.91 Å². The van der Waals surface area contributed by atoms with Crippen molar-refractivity contribution in [2.45, 2.75) is 17.1 Å². The number of anilines is 2. The van der Waals surface area contributed by atoms with E-state index in [9.17, 15) is 14.4 Å². The summed E-state index contributed by atoms with van der Waals surface area (Å²) in [4.78, 5) is 45.8. The molecular formula is C41H34N4O4S2. The van der Waals surface area contributed by atoms with Crippen LogP contribution < -0.4 is 20.7 Å². The van der Waals surface area contributed by atoms with Gasteiger partial charge in [0.15, 0.2) is 5.13 Å². The first kappa shape index (κ1) is 34.9. The van der Waals surface area contributed by atoms with E-state index < -0.39 is 17.1 Å². The number of carbonyl (C=O) groups excluding carboxylic acids is 3. The van der Waals surface area contributed by atoms with Crippen molar-refractivity contribution in [2.75, 3.05) is 17.2 Å². The summed E-state index contributed by atoms with van der Waals surface area (Å²) in [6.45, 7) is 2.44. The molecule has 10 heteroatoms. The third-order valence-corrected chi connectivity index (χ3v) is 9.57. The van der Waals surface area contributed by atoms with Crippen molar-refractivity contribution in [3.8, 4) is 17.0 Å². The fourth-order valence-electron chi connectivity index (χ4n) is 5.03. The van der Waals surface area contributed by atoms with E-state index in [1.54, 1.807) is 42.5 Å². The summed E-state index contributed by atoms with van der Waals surface area (Å²) in [5.41, 5.74) is 4.35. The van der Waals surface area contributed by atoms with Crippen molar-refractivity contribution in [2.24, 2.45) is 0 Å². The van der Waals surface area contributed by atoms with Crippen LogP contribution in [0.1, 0.15) is 33.7 Å². The third kappa shape index (κ3) is 9.60. The molecule has 3 amide bonds. The van der Waals surface area contributed by atoms with Crippen LogP contribution in [0.5, 0.6) is 5.75 Å². The SMILES string of the molecule is CCOc1ccc(/C=C(\NC(=O)c2ccccc2)C(=O)Nc2ccc(SC(C(=O)Nc3nc(-c4ccccc4)cs3)c3ccccc3)cc2)cc1. The van der Waals surface area contributed by atoms with E-state index in [0.29, 0.717) is 34.3 Å². The van der Waals surface area contributed by atoms with Crippen LogP contribution >= 0.6 is 23.1 Å². The second kappa shape index (κ2) is 17.1. The van der Waals surface area contributed by atoms with E-state index in [2.05, 4.69) is 20.9 Å². The number of aromatic nitrogens is 1. The minimum absolute atomic E-state index is 0.0740. The van der Waals surface area contributed by atoms with E-state index in [4.69, 9.17) is 4.74 Å². The Bertz CT molecular complexity index is 2100. The van der Waals surface area contributed by atoms with Crippen LogP contribution in [0.4, 0.5) is 10.8 Å². The summed E-state index contributed by atoms with van der Waals surface area (Å²) in [6.07, 6.45) is 1.62. The molecule has 3 N–H and O–H groups in total. The molecule has 1 atom stereocenters. The molecule has 0 radical (unpaired) electrons. The smallest absolute Gasteiger partial charge is 0.272 e. The van der Waals surface area contributed by atoms with Crippen LogP contribution in [0.25, 0.3) is 17.3 Å². The number of nitrogens with zero attached hydrogens (tertiary/aromatic N) is 1. The summed E-state index contributed by atoms with van der Waals surface area (Å²) < 4.78 is 5.53. The molecule has 1 unspecified atom stereocenters. The minimum atomic E-state index is -0.562. The number of thiazole rings is 1. The average Bonchev–Trinajstić information content (AvgIpc) is 3.64. The van der Waals surface area contributed by atoms with Gasteiger partial charge in [-0.05, 0) is 72.7 Å². The van der Waals surface area contributed by atoms with Gasteiger partial charge in [0.25, 0.3) is 11.8 Å². The third-order valence-electron chi connectivity index (χ3n) is 7.54. The summed E-state index contributed by atoms with van der Waals surface area (Å²) in [5.74, 6) is -0.391. The summed E-state index contributed by atoms with van der Waals surface area (Å²) >= 11 is 2.77. The average molecular weight is 711 g/mol. The molecule has 5 aromatic carbocycles. The number of hydrogen-bond acceptors (Lipinski definition) is 7. The van der Waals surface area contributed by atoms with Gasteiger partial charge >= 0.3 is 0 Å². The Hall–Kier alpha value is -5.97. The highest BCUT2D eigenvalue weighted by molar-refractivity contribution is 8.00. The Morgan fingerprint density at radius 2 is 1.43 bits per heavy atom. The molecule has 254 valence electrons. The van der Waals surface area contributed by atoms with Gasteiger partial charge in [-0.15, -0.1) is 23.1 Å². The number of hydrogen-bond donors (Lipinski definition) is 3. The van der Waals surface area contributed by atoms with Gasteiger partial charge in [0.1, 0.15) is 16.7 Å². The van der Waals surface area contributed by atoms with Gasteiger partial charge in [-0.25, -0.2) is 4.98 Å². The van der Waals surface area contributed by atoms with Crippen molar-refractivity contribution in [1.82, 2.24) is 10.3 Å². The topological polar surface area (TPSA) is 109 Å². The molecule has 6 aromatic rings. The Balaban J connectivity index is 1.17. The predicted octanol–water partition coefficient (Wildman–Crippen LogP) is 9.09. The highest BCUT2D eigenvalue weighted by Gasteiger charge is 2.23. The molecule has 51 heavy (non-hydrogen) atoms. The van der Waals surface area contributed by atoms with E-state index in [-0.39, 0.29) is 11.6 Å². The monoisotopic (exact) mass is 710 g/mol. The van der Waals surface area contributed by atoms with Gasteiger partial charge < -0.3 is 20.7 Å². The maximum Gasteiger partial charge on any atom is 0.272 e. The molecule has 0 bridgehead atoms. The fraction of sp³-hybridized carbons (Fsp3) is 0.0732. The molecule has 0 fully saturated rings. The lowest BCUT2D eigenvalue weighted by atomic mass is 10.1. The van der Waals surface area contributed by atoms with E-state index >= 15 is 0 Å². The van der Waals surface area contributed by atoms with Gasteiger partial charge in [-0.2, -0.15) is 0 Å². The molecule has 0 aliphatic heterocycles. The lowest BCUT2D eigenvalue weighted by Crippen LogP contribution is -2.30. The molecule has 0 aliphatic carbocycles. The van der Waals surface area contributed by atoms with Crippen LogP contribution in [-0.4, -0.2) is 29.3 Å². The number of nitrogens with one attached hydrogen (secondary N) is 3. The first-order chi connectivity index (χ1) is 24.9.